The highest BCUT2D eigenvalue weighted by molar-refractivity contribution is 7.96. The molecule has 1 unspecified atom stereocenters. The minimum atomic E-state index is 0.149. The van der Waals surface area contributed by atoms with Gasteiger partial charge in [-0.1, -0.05) is 18.2 Å². The number of hydrogen-bond donors (Lipinski definition) is 1. The zero-order chi connectivity index (χ0) is 12.8. The van der Waals surface area contributed by atoms with Crippen LogP contribution in [0.1, 0.15) is 0 Å². The van der Waals surface area contributed by atoms with Crippen molar-refractivity contribution in [3.05, 3.63) is 54.6 Å². The summed E-state index contributed by atoms with van der Waals surface area (Å²) >= 11 is 0. The van der Waals surface area contributed by atoms with Crippen molar-refractivity contribution >= 4 is 10.9 Å². The zero-order valence-electron chi connectivity index (χ0n) is 10.4. The van der Waals surface area contributed by atoms with Gasteiger partial charge in [-0.2, -0.15) is 0 Å². The van der Waals surface area contributed by atoms with E-state index in [-0.39, 0.29) is 10.9 Å². The van der Waals surface area contributed by atoms with Crippen LogP contribution in [-0.2, 0) is 10.9 Å². The van der Waals surface area contributed by atoms with E-state index >= 15 is 0 Å². The maximum absolute atomic E-state index is 9.24. The number of ether oxygens (including phenoxy) is 1. The molecule has 0 fully saturated rings. The Bertz CT molecular complexity index is 468. The molecular formula is C15H17O2S+. The Morgan fingerprint density at radius 3 is 2.33 bits per heavy atom. The second kappa shape index (κ2) is 6.36. The second-order valence-corrected chi connectivity index (χ2v) is 6.15. The molecule has 94 valence electrons. The van der Waals surface area contributed by atoms with Gasteiger partial charge >= 0.3 is 0 Å². The van der Waals surface area contributed by atoms with E-state index in [1.54, 1.807) is 12.1 Å². The van der Waals surface area contributed by atoms with Crippen molar-refractivity contribution in [2.75, 3.05) is 18.6 Å². The lowest BCUT2D eigenvalue weighted by atomic mass is 10.3. The van der Waals surface area contributed by atoms with Crippen molar-refractivity contribution in [2.24, 2.45) is 0 Å². The molecule has 3 heteroatoms. The third-order valence-electron chi connectivity index (χ3n) is 2.64. The van der Waals surface area contributed by atoms with Gasteiger partial charge in [0.25, 0.3) is 0 Å². The molecule has 0 spiro atoms. The van der Waals surface area contributed by atoms with Crippen LogP contribution in [-0.4, -0.2) is 23.7 Å². The molecule has 2 rings (SSSR count). The van der Waals surface area contributed by atoms with E-state index in [1.807, 2.05) is 42.5 Å². The SMILES string of the molecule is C[S+](CCOc1ccccc1)c1ccc(O)cc1. The Kier molecular flexibility index (Phi) is 4.53. The van der Waals surface area contributed by atoms with Gasteiger partial charge in [-0.25, -0.2) is 0 Å². The Morgan fingerprint density at radius 1 is 1.00 bits per heavy atom. The molecule has 2 aromatic carbocycles. The molecule has 0 amide bonds. The molecule has 18 heavy (non-hydrogen) atoms. The number of phenolic OH excluding ortho intramolecular Hbond substituents is 1. The Morgan fingerprint density at radius 2 is 1.67 bits per heavy atom. The fourth-order valence-electron chi connectivity index (χ4n) is 1.60. The third kappa shape index (κ3) is 3.70. The van der Waals surface area contributed by atoms with Gasteiger partial charge in [0.2, 0.25) is 0 Å². The van der Waals surface area contributed by atoms with Crippen LogP contribution in [0.3, 0.4) is 0 Å². The van der Waals surface area contributed by atoms with Gasteiger partial charge < -0.3 is 9.84 Å². The topological polar surface area (TPSA) is 29.5 Å². The Labute approximate surface area is 111 Å². The van der Waals surface area contributed by atoms with Crippen molar-refractivity contribution in [3.63, 3.8) is 0 Å². The molecule has 1 N–H and O–H groups in total. The summed E-state index contributed by atoms with van der Waals surface area (Å²) in [5.74, 6) is 2.22. The highest BCUT2D eigenvalue weighted by atomic mass is 32.2. The average molecular weight is 261 g/mol. The Hall–Kier alpha value is -1.61. The first-order chi connectivity index (χ1) is 8.75. The fraction of sp³-hybridized carbons (Fsp3) is 0.200. The molecule has 0 aliphatic carbocycles. The summed E-state index contributed by atoms with van der Waals surface area (Å²) in [7, 11) is 0.149. The summed E-state index contributed by atoms with van der Waals surface area (Å²) in [6.07, 6.45) is 2.20. The summed E-state index contributed by atoms with van der Waals surface area (Å²) in [5.41, 5.74) is 0. The maximum atomic E-state index is 9.24. The highest BCUT2D eigenvalue weighted by Gasteiger charge is 2.15. The number of para-hydroxylation sites is 1. The van der Waals surface area contributed by atoms with Gasteiger partial charge in [0, 0.05) is 10.9 Å². The third-order valence-corrected chi connectivity index (χ3v) is 4.50. The first-order valence-corrected chi connectivity index (χ1v) is 7.65. The molecule has 2 nitrogen and oxygen atoms in total. The number of phenols is 1. The van der Waals surface area contributed by atoms with E-state index in [4.69, 9.17) is 4.74 Å². The Balaban J connectivity index is 1.81. The molecule has 1 atom stereocenters. The van der Waals surface area contributed by atoms with Crippen molar-refractivity contribution in [1.29, 1.82) is 0 Å². The number of hydrogen-bond acceptors (Lipinski definition) is 2. The van der Waals surface area contributed by atoms with Crippen LogP contribution >= 0.6 is 0 Å². The van der Waals surface area contributed by atoms with Crippen molar-refractivity contribution < 1.29 is 9.84 Å². The standard InChI is InChI=1S/C15H16O2S/c1-18(15-9-7-13(16)8-10-15)12-11-17-14-5-3-2-4-6-14/h2-10H,11-12H2,1H3/p+1. The highest BCUT2D eigenvalue weighted by Crippen LogP contribution is 2.16. The van der Waals surface area contributed by atoms with Crippen LogP contribution in [0.15, 0.2) is 59.5 Å². The molecule has 2 aromatic rings. The van der Waals surface area contributed by atoms with Crippen LogP contribution in [0.25, 0.3) is 0 Å². The van der Waals surface area contributed by atoms with E-state index < -0.39 is 0 Å². The van der Waals surface area contributed by atoms with Gasteiger partial charge in [0.05, 0.1) is 0 Å². The van der Waals surface area contributed by atoms with Crippen molar-refractivity contribution in [3.8, 4) is 11.5 Å². The molecule has 0 saturated carbocycles. The maximum Gasteiger partial charge on any atom is 0.155 e. The average Bonchev–Trinajstić information content (AvgIpc) is 2.40. The van der Waals surface area contributed by atoms with Crippen LogP contribution in [0, 0.1) is 0 Å². The predicted molar refractivity (Wildman–Crippen MR) is 76.5 cm³/mol. The van der Waals surface area contributed by atoms with Gasteiger partial charge in [0.1, 0.15) is 30.1 Å². The molecule has 0 aromatic heterocycles. The van der Waals surface area contributed by atoms with Gasteiger partial charge in [-0.3, -0.25) is 0 Å². The molecule has 0 aliphatic rings. The van der Waals surface area contributed by atoms with Gasteiger partial charge in [0.15, 0.2) is 4.90 Å². The van der Waals surface area contributed by atoms with Crippen LogP contribution in [0.2, 0.25) is 0 Å². The van der Waals surface area contributed by atoms with E-state index in [0.29, 0.717) is 12.4 Å². The lowest BCUT2D eigenvalue weighted by Gasteiger charge is -2.06. The minimum Gasteiger partial charge on any atom is -0.508 e. The minimum absolute atomic E-state index is 0.149. The van der Waals surface area contributed by atoms with Gasteiger partial charge in [-0.05, 0) is 36.4 Å². The first kappa shape index (κ1) is 12.8. The summed E-state index contributed by atoms with van der Waals surface area (Å²) < 4.78 is 5.68. The molecule has 0 heterocycles. The zero-order valence-corrected chi connectivity index (χ0v) is 11.2. The second-order valence-electron chi connectivity index (χ2n) is 4.00. The summed E-state index contributed by atoms with van der Waals surface area (Å²) in [6, 6.07) is 17.3. The molecular weight excluding hydrogens is 244 g/mol. The monoisotopic (exact) mass is 261 g/mol. The van der Waals surface area contributed by atoms with E-state index in [0.717, 1.165) is 11.5 Å². The largest absolute Gasteiger partial charge is 0.508 e. The number of benzene rings is 2. The lowest BCUT2D eigenvalue weighted by Crippen LogP contribution is -2.13. The quantitative estimate of drug-likeness (QED) is 0.838. The van der Waals surface area contributed by atoms with E-state index in [2.05, 4.69) is 6.26 Å². The summed E-state index contributed by atoms with van der Waals surface area (Å²) in [6.45, 7) is 0.713. The number of aromatic hydroxyl groups is 1. The van der Waals surface area contributed by atoms with Crippen LogP contribution < -0.4 is 4.74 Å². The van der Waals surface area contributed by atoms with E-state index in [1.165, 1.54) is 4.90 Å². The first-order valence-electron chi connectivity index (χ1n) is 5.85. The van der Waals surface area contributed by atoms with E-state index in [9.17, 15) is 5.11 Å². The van der Waals surface area contributed by atoms with Crippen LogP contribution in [0.5, 0.6) is 11.5 Å². The van der Waals surface area contributed by atoms with Crippen LogP contribution in [0.4, 0.5) is 0 Å². The predicted octanol–water partition coefficient (Wildman–Crippen LogP) is 3.08. The summed E-state index contributed by atoms with van der Waals surface area (Å²) in [5, 5.41) is 9.24. The van der Waals surface area contributed by atoms with Crippen molar-refractivity contribution in [1.82, 2.24) is 0 Å². The summed E-state index contributed by atoms with van der Waals surface area (Å²) in [4.78, 5) is 1.25. The molecule has 0 aliphatic heterocycles. The lowest BCUT2D eigenvalue weighted by molar-refractivity contribution is 0.343. The van der Waals surface area contributed by atoms with Gasteiger partial charge in [-0.15, -0.1) is 0 Å². The molecule has 0 bridgehead atoms. The van der Waals surface area contributed by atoms with Crippen molar-refractivity contribution in [2.45, 2.75) is 4.90 Å². The molecule has 0 radical (unpaired) electrons. The normalized spacial score (nSPS) is 12.1. The number of rotatable bonds is 5. The fourth-order valence-corrected chi connectivity index (χ4v) is 2.77. The smallest absolute Gasteiger partial charge is 0.155 e. The molecule has 0 saturated heterocycles.